The molecule has 0 radical (unpaired) electrons. The quantitative estimate of drug-likeness (QED) is 0.451. The minimum absolute atomic E-state index is 0.194. The van der Waals surface area contributed by atoms with Crippen molar-refractivity contribution in [2.75, 3.05) is 18.6 Å². The van der Waals surface area contributed by atoms with Gasteiger partial charge in [0, 0.05) is 11.8 Å². The molecule has 76 valence electrons. The summed E-state index contributed by atoms with van der Waals surface area (Å²) in [7, 11) is 1.34. The van der Waals surface area contributed by atoms with Gasteiger partial charge in [-0.15, -0.1) is 0 Å². The third-order valence-corrected chi connectivity index (χ3v) is 2.22. The van der Waals surface area contributed by atoms with Gasteiger partial charge in [0.2, 0.25) is 0 Å². The molecule has 1 heterocycles. The molecule has 6 heteroatoms. The lowest BCUT2D eigenvalue weighted by Gasteiger charge is -2.01. The largest absolute Gasteiger partial charge is 0.468 e. The molecule has 0 bridgehead atoms. The molecule has 0 fully saturated rings. The number of hydrogen-bond acceptors (Lipinski definition) is 6. The van der Waals surface area contributed by atoms with Crippen LogP contribution in [0, 0.1) is 6.92 Å². The van der Waals surface area contributed by atoms with Crippen LogP contribution in [-0.4, -0.2) is 28.8 Å². The Morgan fingerprint density at radius 1 is 1.64 bits per heavy atom. The SMILES string of the molecule is COC(=O)CSc1nc(C)cc(N)n1. The lowest BCUT2D eigenvalue weighted by Crippen LogP contribution is -2.04. The van der Waals surface area contributed by atoms with Gasteiger partial charge < -0.3 is 10.5 Å². The Balaban J connectivity index is 2.63. The number of methoxy groups -OCH3 is 1. The first kappa shape index (κ1) is 10.8. The van der Waals surface area contributed by atoms with Gasteiger partial charge in [0.25, 0.3) is 0 Å². The van der Waals surface area contributed by atoms with Crippen LogP contribution in [0.3, 0.4) is 0 Å². The number of thioether (sulfide) groups is 1. The maximum atomic E-state index is 10.8. The maximum absolute atomic E-state index is 10.8. The first-order chi connectivity index (χ1) is 6.61. The molecule has 1 aromatic heterocycles. The summed E-state index contributed by atoms with van der Waals surface area (Å²) in [5.74, 6) is 0.294. The fraction of sp³-hybridized carbons (Fsp3) is 0.375. The van der Waals surface area contributed by atoms with Crippen LogP contribution in [0.25, 0.3) is 0 Å². The van der Waals surface area contributed by atoms with Crippen molar-refractivity contribution >= 4 is 23.5 Å². The summed E-state index contributed by atoms with van der Waals surface area (Å²) in [4.78, 5) is 18.9. The molecule has 0 saturated carbocycles. The van der Waals surface area contributed by atoms with E-state index in [1.807, 2.05) is 6.92 Å². The number of ether oxygens (including phenoxy) is 1. The summed E-state index contributed by atoms with van der Waals surface area (Å²) in [6, 6.07) is 1.67. The Morgan fingerprint density at radius 3 is 2.93 bits per heavy atom. The van der Waals surface area contributed by atoms with Crippen LogP contribution in [0.2, 0.25) is 0 Å². The van der Waals surface area contributed by atoms with E-state index in [4.69, 9.17) is 5.73 Å². The van der Waals surface area contributed by atoms with Gasteiger partial charge in [0.05, 0.1) is 12.9 Å². The molecular formula is C8H11N3O2S. The first-order valence-corrected chi connectivity index (χ1v) is 4.91. The summed E-state index contributed by atoms with van der Waals surface area (Å²) in [5.41, 5.74) is 6.30. The van der Waals surface area contributed by atoms with Crippen molar-refractivity contribution in [2.45, 2.75) is 12.1 Å². The fourth-order valence-electron chi connectivity index (χ4n) is 0.812. The van der Waals surface area contributed by atoms with Gasteiger partial charge >= 0.3 is 5.97 Å². The lowest BCUT2D eigenvalue weighted by atomic mass is 10.4. The Morgan fingerprint density at radius 2 is 2.36 bits per heavy atom. The third kappa shape index (κ3) is 3.21. The van der Waals surface area contributed by atoms with E-state index in [1.165, 1.54) is 18.9 Å². The van der Waals surface area contributed by atoms with Crippen molar-refractivity contribution in [3.05, 3.63) is 11.8 Å². The van der Waals surface area contributed by atoms with E-state index in [9.17, 15) is 4.79 Å². The molecule has 0 atom stereocenters. The van der Waals surface area contributed by atoms with Gasteiger partial charge in [-0.05, 0) is 6.92 Å². The van der Waals surface area contributed by atoms with Crippen molar-refractivity contribution in [2.24, 2.45) is 0 Å². The standard InChI is InChI=1S/C8H11N3O2S/c1-5-3-6(9)11-8(10-5)14-4-7(12)13-2/h3H,4H2,1-2H3,(H2,9,10,11). The van der Waals surface area contributed by atoms with Gasteiger partial charge in [0.15, 0.2) is 5.16 Å². The number of nitrogens with zero attached hydrogens (tertiary/aromatic N) is 2. The number of carbonyl (C=O) groups excluding carboxylic acids is 1. The number of anilines is 1. The number of nitrogens with two attached hydrogens (primary N) is 1. The first-order valence-electron chi connectivity index (χ1n) is 3.92. The predicted octanol–water partition coefficient (Wildman–Crippen LogP) is 0.632. The molecular weight excluding hydrogens is 202 g/mol. The van der Waals surface area contributed by atoms with Gasteiger partial charge in [-0.1, -0.05) is 11.8 Å². The molecule has 0 amide bonds. The number of rotatable bonds is 3. The highest BCUT2D eigenvalue weighted by Crippen LogP contribution is 2.14. The van der Waals surface area contributed by atoms with Crippen molar-refractivity contribution in [3.63, 3.8) is 0 Å². The zero-order valence-electron chi connectivity index (χ0n) is 7.98. The summed E-state index contributed by atoms with van der Waals surface area (Å²) >= 11 is 1.20. The molecule has 14 heavy (non-hydrogen) atoms. The minimum atomic E-state index is -0.307. The van der Waals surface area contributed by atoms with Crippen LogP contribution in [-0.2, 0) is 9.53 Å². The number of nitrogen functional groups attached to an aromatic ring is 1. The average Bonchev–Trinajstić information content (AvgIpc) is 2.12. The number of hydrogen-bond donors (Lipinski definition) is 1. The molecule has 0 aliphatic carbocycles. The third-order valence-electron chi connectivity index (χ3n) is 1.40. The minimum Gasteiger partial charge on any atom is -0.468 e. The van der Waals surface area contributed by atoms with Gasteiger partial charge in [-0.2, -0.15) is 0 Å². The highest BCUT2D eigenvalue weighted by Gasteiger charge is 2.05. The second kappa shape index (κ2) is 4.80. The topological polar surface area (TPSA) is 78.1 Å². The monoisotopic (exact) mass is 213 g/mol. The van der Waals surface area contributed by atoms with Gasteiger partial charge in [-0.25, -0.2) is 9.97 Å². The van der Waals surface area contributed by atoms with Crippen LogP contribution in [0.5, 0.6) is 0 Å². The zero-order chi connectivity index (χ0) is 10.6. The van der Waals surface area contributed by atoms with E-state index in [2.05, 4.69) is 14.7 Å². The molecule has 1 rings (SSSR count). The highest BCUT2D eigenvalue weighted by atomic mass is 32.2. The second-order valence-electron chi connectivity index (χ2n) is 2.58. The average molecular weight is 213 g/mol. The summed E-state index contributed by atoms with van der Waals surface area (Å²) in [6.07, 6.45) is 0. The maximum Gasteiger partial charge on any atom is 0.316 e. The zero-order valence-corrected chi connectivity index (χ0v) is 8.80. The second-order valence-corrected chi connectivity index (χ2v) is 3.52. The molecule has 0 aromatic carbocycles. The molecule has 0 spiro atoms. The van der Waals surface area contributed by atoms with E-state index in [0.717, 1.165) is 5.69 Å². The van der Waals surface area contributed by atoms with E-state index in [0.29, 0.717) is 11.0 Å². The van der Waals surface area contributed by atoms with Crippen LogP contribution in [0.4, 0.5) is 5.82 Å². The molecule has 1 aromatic rings. The highest BCUT2D eigenvalue weighted by molar-refractivity contribution is 7.99. The van der Waals surface area contributed by atoms with Crippen LogP contribution in [0.1, 0.15) is 5.69 Å². The van der Waals surface area contributed by atoms with Crippen molar-refractivity contribution in [3.8, 4) is 0 Å². The molecule has 0 unspecified atom stereocenters. The number of carbonyl (C=O) groups is 1. The fourth-order valence-corrected chi connectivity index (χ4v) is 1.56. The van der Waals surface area contributed by atoms with Gasteiger partial charge in [0.1, 0.15) is 5.82 Å². The van der Waals surface area contributed by atoms with Crippen LogP contribution in [0.15, 0.2) is 11.2 Å². The Bertz CT molecular complexity index is 323. The Hall–Kier alpha value is -1.30. The number of aromatic nitrogens is 2. The normalized spacial score (nSPS) is 9.86. The van der Waals surface area contributed by atoms with E-state index in [-0.39, 0.29) is 11.7 Å². The van der Waals surface area contributed by atoms with Gasteiger partial charge in [-0.3, -0.25) is 4.79 Å². The molecule has 5 nitrogen and oxygen atoms in total. The molecule has 0 saturated heterocycles. The molecule has 0 aliphatic rings. The van der Waals surface area contributed by atoms with E-state index in [1.54, 1.807) is 6.07 Å². The van der Waals surface area contributed by atoms with Crippen LogP contribution >= 0.6 is 11.8 Å². The van der Waals surface area contributed by atoms with E-state index < -0.39 is 0 Å². The van der Waals surface area contributed by atoms with Crippen LogP contribution < -0.4 is 5.73 Å². The number of aryl methyl sites for hydroxylation is 1. The molecule has 0 aliphatic heterocycles. The lowest BCUT2D eigenvalue weighted by molar-refractivity contribution is -0.137. The Labute approximate surface area is 86.1 Å². The summed E-state index contributed by atoms with van der Waals surface area (Å²) < 4.78 is 4.49. The number of esters is 1. The van der Waals surface area contributed by atoms with E-state index >= 15 is 0 Å². The van der Waals surface area contributed by atoms with Crippen molar-refractivity contribution < 1.29 is 9.53 Å². The Kier molecular flexibility index (Phi) is 3.70. The van der Waals surface area contributed by atoms with Crippen molar-refractivity contribution in [1.29, 1.82) is 0 Å². The van der Waals surface area contributed by atoms with Crippen molar-refractivity contribution in [1.82, 2.24) is 9.97 Å². The molecule has 2 N–H and O–H groups in total. The predicted molar refractivity (Wildman–Crippen MR) is 53.9 cm³/mol. The summed E-state index contributed by atoms with van der Waals surface area (Å²) in [6.45, 7) is 1.82. The summed E-state index contributed by atoms with van der Waals surface area (Å²) in [5, 5.41) is 0.493. The smallest absolute Gasteiger partial charge is 0.316 e.